The van der Waals surface area contributed by atoms with Crippen molar-refractivity contribution in [3.8, 4) is 11.8 Å². The van der Waals surface area contributed by atoms with Gasteiger partial charge in [0.2, 0.25) is 0 Å². The van der Waals surface area contributed by atoms with Gasteiger partial charge in [-0.3, -0.25) is 14.7 Å². The van der Waals surface area contributed by atoms with E-state index in [1.54, 1.807) is 0 Å². The maximum Gasteiger partial charge on any atom is 0.272 e. The molecule has 0 aromatic carbocycles. The Morgan fingerprint density at radius 2 is 1.95 bits per heavy atom. The highest BCUT2D eigenvalue weighted by molar-refractivity contribution is 5.91. The molecule has 1 rings (SSSR count). The largest absolute Gasteiger partial charge is 0.340 e. The summed E-state index contributed by atoms with van der Waals surface area (Å²) in [6.45, 7) is 9.62. The van der Waals surface area contributed by atoms with Gasteiger partial charge in [0.05, 0.1) is 19.3 Å². The van der Waals surface area contributed by atoms with Crippen molar-refractivity contribution in [2.24, 2.45) is 0 Å². The first kappa shape index (κ1) is 16.1. The third-order valence-electron chi connectivity index (χ3n) is 2.85. The van der Waals surface area contributed by atoms with Crippen LogP contribution in [0.3, 0.4) is 0 Å². The van der Waals surface area contributed by atoms with Crippen LogP contribution in [-0.2, 0) is 0 Å². The zero-order chi connectivity index (χ0) is 15.0. The number of carbonyl (C=O) groups is 1. The summed E-state index contributed by atoms with van der Waals surface area (Å²) in [5, 5.41) is 2.70. The third-order valence-corrected chi connectivity index (χ3v) is 2.85. The number of hydrogen-bond acceptors (Lipinski definition) is 4. The molecule has 5 nitrogen and oxygen atoms in total. The lowest BCUT2D eigenvalue weighted by molar-refractivity contribution is 0.0953. The van der Waals surface area contributed by atoms with Gasteiger partial charge in [0.1, 0.15) is 5.69 Å². The molecule has 1 aromatic heterocycles. The van der Waals surface area contributed by atoms with Crippen molar-refractivity contribution in [2.75, 3.05) is 13.1 Å². The number of nitrogens with zero attached hydrogens (tertiary/aromatic N) is 3. The summed E-state index contributed by atoms with van der Waals surface area (Å²) in [7, 11) is 0. The number of hydrogen-bond donors (Lipinski definition) is 1. The number of amides is 1. The van der Waals surface area contributed by atoms with Gasteiger partial charge >= 0.3 is 0 Å². The van der Waals surface area contributed by atoms with Crippen LogP contribution in [-0.4, -0.2) is 45.9 Å². The van der Waals surface area contributed by atoms with E-state index in [0.717, 1.165) is 0 Å². The number of carbonyl (C=O) groups excluding carboxylic acids is 1. The molecular formula is C15H22N4O. The monoisotopic (exact) mass is 274 g/mol. The van der Waals surface area contributed by atoms with Gasteiger partial charge < -0.3 is 5.32 Å². The van der Waals surface area contributed by atoms with Gasteiger partial charge in [-0.15, -0.1) is 0 Å². The van der Waals surface area contributed by atoms with Gasteiger partial charge in [0.15, 0.2) is 0 Å². The second kappa shape index (κ2) is 8.28. The van der Waals surface area contributed by atoms with E-state index in [1.807, 2.05) is 0 Å². The molecule has 0 saturated carbocycles. The lowest BCUT2D eigenvalue weighted by Gasteiger charge is -2.28. The van der Waals surface area contributed by atoms with Crippen molar-refractivity contribution in [2.45, 2.75) is 39.8 Å². The molecule has 0 saturated heterocycles. The Hall–Kier alpha value is -1.93. The van der Waals surface area contributed by atoms with E-state index in [-0.39, 0.29) is 5.91 Å². The molecule has 0 fully saturated rings. The minimum absolute atomic E-state index is 0.253. The normalized spacial score (nSPS) is 10.6. The standard InChI is InChI=1S/C15H22N4O/c1-12(2)19(13(3)4)10-6-5-7-18-15(20)14-11-16-8-9-17-14/h8-9,11-13H,7,10H2,1-4H3,(H,18,20). The highest BCUT2D eigenvalue weighted by Crippen LogP contribution is 2.02. The fourth-order valence-electron chi connectivity index (χ4n) is 1.80. The van der Waals surface area contributed by atoms with Gasteiger partial charge in [-0.05, 0) is 27.7 Å². The van der Waals surface area contributed by atoms with Crippen LogP contribution in [0.2, 0.25) is 0 Å². The zero-order valence-electron chi connectivity index (χ0n) is 12.6. The smallest absolute Gasteiger partial charge is 0.272 e. The van der Waals surface area contributed by atoms with E-state index in [2.05, 4.69) is 59.7 Å². The summed E-state index contributed by atoms with van der Waals surface area (Å²) in [4.78, 5) is 21.7. The van der Waals surface area contributed by atoms with Crippen molar-refractivity contribution < 1.29 is 4.79 Å². The van der Waals surface area contributed by atoms with E-state index < -0.39 is 0 Å². The molecule has 0 unspecified atom stereocenters. The van der Waals surface area contributed by atoms with E-state index in [0.29, 0.717) is 30.9 Å². The van der Waals surface area contributed by atoms with Gasteiger partial charge in [-0.25, -0.2) is 4.98 Å². The molecule has 0 atom stereocenters. The first-order chi connectivity index (χ1) is 9.52. The second-order valence-electron chi connectivity index (χ2n) is 4.99. The zero-order valence-corrected chi connectivity index (χ0v) is 12.6. The molecule has 20 heavy (non-hydrogen) atoms. The molecular weight excluding hydrogens is 252 g/mol. The highest BCUT2D eigenvalue weighted by Gasteiger charge is 2.10. The van der Waals surface area contributed by atoms with E-state index in [9.17, 15) is 4.79 Å². The maximum atomic E-state index is 11.7. The van der Waals surface area contributed by atoms with Crippen LogP contribution in [0, 0.1) is 11.8 Å². The Labute approximate surface area is 120 Å². The Balaban J connectivity index is 2.38. The summed E-state index contributed by atoms with van der Waals surface area (Å²) < 4.78 is 0. The molecule has 0 spiro atoms. The fraction of sp³-hybridized carbons (Fsp3) is 0.533. The average molecular weight is 274 g/mol. The van der Waals surface area contributed by atoms with Crippen molar-refractivity contribution >= 4 is 5.91 Å². The Bertz CT molecular complexity index is 466. The predicted octanol–water partition coefficient (Wildman–Crippen LogP) is 1.33. The molecule has 0 aliphatic rings. The minimum Gasteiger partial charge on any atom is -0.340 e. The summed E-state index contributed by atoms with van der Waals surface area (Å²) in [6, 6.07) is 0.914. The molecule has 1 N–H and O–H groups in total. The summed E-state index contributed by atoms with van der Waals surface area (Å²) >= 11 is 0. The third kappa shape index (κ3) is 5.37. The molecule has 0 radical (unpaired) electrons. The van der Waals surface area contributed by atoms with Crippen LogP contribution in [0.1, 0.15) is 38.2 Å². The van der Waals surface area contributed by atoms with Gasteiger partial charge in [0.25, 0.3) is 5.91 Å². The van der Waals surface area contributed by atoms with Gasteiger partial charge in [-0.2, -0.15) is 0 Å². The molecule has 0 bridgehead atoms. The molecule has 5 heteroatoms. The Morgan fingerprint density at radius 1 is 1.25 bits per heavy atom. The lowest BCUT2D eigenvalue weighted by Crippen LogP contribution is -2.37. The predicted molar refractivity (Wildman–Crippen MR) is 79.1 cm³/mol. The molecule has 1 heterocycles. The maximum absolute atomic E-state index is 11.7. The van der Waals surface area contributed by atoms with Crippen molar-refractivity contribution in [3.05, 3.63) is 24.3 Å². The highest BCUT2D eigenvalue weighted by atomic mass is 16.1. The van der Waals surface area contributed by atoms with E-state index >= 15 is 0 Å². The molecule has 1 amide bonds. The van der Waals surface area contributed by atoms with Gasteiger partial charge in [0, 0.05) is 24.5 Å². The Morgan fingerprint density at radius 3 is 2.50 bits per heavy atom. The second-order valence-corrected chi connectivity index (χ2v) is 4.99. The summed E-state index contributed by atoms with van der Waals surface area (Å²) in [6.07, 6.45) is 4.45. The SMILES string of the molecule is CC(C)N(CC#CCNC(=O)c1cnccn1)C(C)C. The number of nitrogens with one attached hydrogen (secondary N) is 1. The average Bonchev–Trinajstić information content (AvgIpc) is 2.42. The summed E-state index contributed by atoms with van der Waals surface area (Å²) in [5.74, 6) is 5.78. The van der Waals surface area contributed by atoms with Crippen molar-refractivity contribution in [1.29, 1.82) is 0 Å². The summed E-state index contributed by atoms with van der Waals surface area (Å²) in [5.41, 5.74) is 0.306. The fourth-order valence-corrected chi connectivity index (χ4v) is 1.80. The lowest BCUT2D eigenvalue weighted by atomic mass is 10.2. The minimum atomic E-state index is -0.253. The Kier molecular flexibility index (Phi) is 6.68. The molecule has 1 aromatic rings. The van der Waals surface area contributed by atoms with Gasteiger partial charge in [-0.1, -0.05) is 11.8 Å². The molecule has 108 valence electrons. The number of rotatable bonds is 5. The van der Waals surface area contributed by atoms with Crippen LogP contribution in [0.4, 0.5) is 0 Å². The first-order valence-corrected chi connectivity index (χ1v) is 6.78. The van der Waals surface area contributed by atoms with Crippen LogP contribution in [0.25, 0.3) is 0 Å². The van der Waals surface area contributed by atoms with Crippen LogP contribution < -0.4 is 5.32 Å². The molecule has 0 aliphatic carbocycles. The van der Waals surface area contributed by atoms with Crippen molar-refractivity contribution in [1.82, 2.24) is 20.2 Å². The van der Waals surface area contributed by atoms with E-state index in [1.165, 1.54) is 18.6 Å². The molecule has 0 aliphatic heterocycles. The van der Waals surface area contributed by atoms with E-state index in [4.69, 9.17) is 0 Å². The van der Waals surface area contributed by atoms with Crippen LogP contribution in [0.5, 0.6) is 0 Å². The van der Waals surface area contributed by atoms with Crippen LogP contribution >= 0.6 is 0 Å². The quantitative estimate of drug-likeness (QED) is 0.823. The van der Waals surface area contributed by atoms with Crippen LogP contribution in [0.15, 0.2) is 18.6 Å². The topological polar surface area (TPSA) is 58.1 Å². The first-order valence-electron chi connectivity index (χ1n) is 6.78. The van der Waals surface area contributed by atoms with Crippen molar-refractivity contribution in [3.63, 3.8) is 0 Å². The number of aromatic nitrogens is 2.